The van der Waals surface area contributed by atoms with Crippen molar-refractivity contribution < 1.29 is 9.53 Å². The lowest BCUT2D eigenvalue weighted by molar-refractivity contribution is -0.139. The average molecular weight is 170 g/mol. The lowest BCUT2D eigenvalue weighted by Gasteiger charge is -2.08. The Bertz CT molecular complexity index is 159. The predicted octanol–water partition coefficient (Wildman–Crippen LogP) is 2.54. The lowest BCUT2D eigenvalue weighted by atomic mass is 10.1. The molecule has 0 aromatic heterocycles. The van der Waals surface area contributed by atoms with Crippen LogP contribution in [0.1, 0.15) is 33.6 Å². The van der Waals surface area contributed by atoms with Crippen LogP contribution < -0.4 is 0 Å². The SMILES string of the molecule is C=C(C(=O)OCCCC)C(C)C. The monoisotopic (exact) mass is 170 g/mol. The molecule has 0 rings (SSSR count). The van der Waals surface area contributed by atoms with Gasteiger partial charge >= 0.3 is 5.97 Å². The smallest absolute Gasteiger partial charge is 0.333 e. The van der Waals surface area contributed by atoms with Crippen LogP contribution in [0, 0.1) is 5.92 Å². The van der Waals surface area contributed by atoms with Gasteiger partial charge < -0.3 is 4.74 Å². The van der Waals surface area contributed by atoms with Crippen molar-refractivity contribution in [3.05, 3.63) is 12.2 Å². The molecule has 0 unspecified atom stereocenters. The minimum absolute atomic E-state index is 0.180. The molecule has 2 heteroatoms. The van der Waals surface area contributed by atoms with Crippen molar-refractivity contribution in [1.82, 2.24) is 0 Å². The van der Waals surface area contributed by atoms with Crippen molar-refractivity contribution in [2.45, 2.75) is 33.6 Å². The molecular weight excluding hydrogens is 152 g/mol. The predicted molar refractivity (Wildman–Crippen MR) is 49.8 cm³/mol. The van der Waals surface area contributed by atoms with Crippen molar-refractivity contribution in [2.75, 3.05) is 6.61 Å². The summed E-state index contributed by atoms with van der Waals surface area (Å²) >= 11 is 0. The van der Waals surface area contributed by atoms with Gasteiger partial charge in [-0.2, -0.15) is 0 Å². The number of carbonyl (C=O) groups excluding carboxylic acids is 1. The van der Waals surface area contributed by atoms with E-state index < -0.39 is 0 Å². The summed E-state index contributed by atoms with van der Waals surface area (Å²) in [5, 5.41) is 0. The summed E-state index contributed by atoms with van der Waals surface area (Å²) < 4.78 is 4.97. The number of ether oxygens (including phenoxy) is 1. The molecule has 0 spiro atoms. The molecule has 0 saturated heterocycles. The van der Waals surface area contributed by atoms with Crippen LogP contribution in [0.3, 0.4) is 0 Å². The summed E-state index contributed by atoms with van der Waals surface area (Å²) in [7, 11) is 0. The third-order valence-corrected chi connectivity index (χ3v) is 1.69. The van der Waals surface area contributed by atoms with E-state index in [9.17, 15) is 4.79 Å². The third-order valence-electron chi connectivity index (χ3n) is 1.69. The maximum atomic E-state index is 11.1. The standard InChI is InChI=1S/C10H18O2/c1-5-6-7-12-10(11)9(4)8(2)3/h8H,4-7H2,1-3H3. The molecule has 0 bridgehead atoms. The molecule has 12 heavy (non-hydrogen) atoms. The number of carbonyl (C=O) groups is 1. The third kappa shape index (κ3) is 4.16. The fraction of sp³-hybridized carbons (Fsp3) is 0.700. The van der Waals surface area contributed by atoms with E-state index in [0.29, 0.717) is 12.2 Å². The summed E-state index contributed by atoms with van der Waals surface area (Å²) in [5.74, 6) is -0.0717. The summed E-state index contributed by atoms with van der Waals surface area (Å²) in [6, 6.07) is 0. The molecule has 0 atom stereocenters. The topological polar surface area (TPSA) is 26.3 Å². The van der Waals surface area contributed by atoms with Crippen LogP contribution in [-0.4, -0.2) is 12.6 Å². The van der Waals surface area contributed by atoms with E-state index in [1.165, 1.54) is 0 Å². The van der Waals surface area contributed by atoms with E-state index in [1.54, 1.807) is 0 Å². The zero-order chi connectivity index (χ0) is 9.56. The van der Waals surface area contributed by atoms with Gasteiger partial charge in [-0.1, -0.05) is 33.8 Å². The van der Waals surface area contributed by atoms with Gasteiger partial charge in [0.1, 0.15) is 0 Å². The number of hydrogen-bond acceptors (Lipinski definition) is 2. The first-order valence-corrected chi connectivity index (χ1v) is 4.45. The Morgan fingerprint density at radius 1 is 1.50 bits per heavy atom. The highest BCUT2D eigenvalue weighted by atomic mass is 16.5. The van der Waals surface area contributed by atoms with Gasteiger partial charge in [-0.05, 0) is 12.3 Å². The van der Waals surface area contributed by atoms with Crippen molar-refractivity contribution in [3.63, 3.8) is 0 Å². The van der Waals surface area contributed by atoms with Crippen molar-refractivity contribution in [2.24, 2.45) is 5.92 Å². The van der Waals surface area contributed by atoms with Crippen LogP contribution in [0.25, 0.3) is 0 Å². The molecule has 0 saturated carbocycles. The van der Waals surface area contributed by atoms with Gasteiger partial charge in [0, 0.05) is 5.57 Å². The highest BCUT2D eigenvalue weighted by Gasteiger charge is 2.10. The maximum Gasteiger partial charge on any atom is 0.333 e. The fourth-order valence-electron chi connectivity index (χ4n) is 0.638. The van der Waals surface area contributed by atoms with E-state index in [2.05, 4.69) is 13.5 Å². The second-order valence-electron chi connectivity index (χ2n) is 3.17. The van der Waals surface area contributed by atoms with Gasteiger partial charge in [-0.25, -0.2) is 4.79 Å². The summed E-state index contributed by atoms with van der Waals surface area (Å²) in [6.45, 7) is 10.1. The lowest BCUT2D eigenvalue weighted by Crippen LogP contribution is -2.11. The molecule has 0 aliphatic heterocycles. The molecule has 0 fully saturated rings. The fourth-order valence-corrected chi connectivity index (χ4v) is 0.638. The van der Waals surface area contributed by atoms with E-state index in [0.717, 1.165) is 12.8 Å². The molecular formula is C10H18O2. The summed E-state index contributed by atoms with van der Waals surface area (Å²) in [6.07, 6.45) is 1.97. The van der Waals surface area contributed by atoms with Crippen molar-refractivity contribution >= 4 is 5.97 Å². The molecule has 0 N–H and O–H groups in total. The van der Waals surface area contributed by atoms with Gasteiger partial charge in [-0.15, -0.1) is 0 Å². The number of hydrogen-bond donors (Lipinski definition) is 0. The van der Waals surface area contributed by atoms with Gasteiger partial charge in [-0.3, -0.25) is 0 Å². The average Bonchev–Trinajstić information content (AvgIpc) is 2.03. The second-order valence-corrected chi connectivity index (χ2v) is 3.17. The maximum absolute atomic E-state index is 11.1. The highest BCUT2D eigenvalue weighted by Crippen LogP contribution is 2.08. The number of unbranched alkanes of at least 4 members (excludes halogenated alkanes) is 1. The molecule has 0 aromatic rings. The van der Waals surface area contributed by atoms with Gasteiger partial charge in [0.15, 0.2) is 0 Å². The van der Waals surface area contributed by atoms with Crippen LogP contribution >= 0.6 is 0 Å². The Morgan fingerprint density at radius 2 is 2.08 bits per heavy atom. The van der Waals surface area contributed by atoms with E-state index in [1.807, 2.05) is 13.8 Å². The zero-order valence-corrected chi connectivity index (χ0v) is 8.22. The first kappa shape index (κ1) is 11.2. The van der Waals surface area contributed by atoms with Crippen molar-refractivity contribution in [1.29, 1.82) is 0 Å². The second kappa shape index (κ2) is 5.81. The zero-order valence-electron chi connectivity index (χ0n) is 8.22. The molecule has 0 heterocycles. The number of esters is 1. The molecule has 0 amide bonds. The van der Waals surface area contributed by atoms with Gasteiger partial charge in [0.25, 0.3) is 0 Å². The Morgan fingerprint density at radius 3 is 2.50 bits per heavy atom. The van der Waals surface area contributed by atoms with Crippen LogP contribution in [-0.2, 0) is 9.53 Å². The number of rotatable bonds is 5. The summed E-state index contributed by atoms with van der Waals surface area (Å²) in [4.78, 5) is 11.1. The van der Waals surface area contributed by atoms with Crippen LogP contribution in [0.15, 0.2) is 12.2 Å². The Labute approximate surface area is 74.6 Å². The normalized spacial score (nSPS) is 10.0. The van der Waals surface area contributed by atoms with Gasteiger partial charge in [0.05, 0.1) is 6.61 Å². The van der Waals surface area contributed by atoms with Crippen LogP contribution in [0.4, 0.5) is 0 Å². The Balaban J connectivity index is 3.65. The molecule has 0 radical (unpaired) electrons. The minimum Gasteiger partial charge on any atom is -0.462 e. The quantitative estimate of drug-likeness (QED) is 0.360. The molecule has 70 valence electrons. The first-order valence-electron chi connectivity index (χ1n) is 4.45. The first-order chi connectivity index (χ1) is 5.59. The Kier molecular flexibility index (Phi) is 5.43. The molecule has 0 aliphatic carbocycles. The van der Waals surface area contributed by atoms with E-state index in [4.69, 9.17) is 4.74 Å². The molecule has 0 aliphatic rings. The van der Waals surface area contributed by atoms with E-state index >= 15 is 0 Å². The van der Waals surface area contributed by atoms with E-state index in [-0.39, 0.29) is 11.9 Å². The summed E-state index contributed by atoms with van der Waals surface area (Å²) in [5.41, 5.74) is 0.561. The Hall–Kier alpha value is -0.790. The largest absolute Gasteiger partial charge is 0.462 e. The molecule has 0 aromatic carbocycles. The highest BCUT2D eigenvalue weighted by molar-refractivity contribution is 5.88. The minimum atomic E-state index is -0.251. The van der Waals surface area contributed by atoms with Crippen molar-refractivity contribution in [3.8, 4) is 0 Å². The van der Waals surface area contributed by atoms with Gasteiger partial charge in [0.2, 0.25) is 0 Å². The molecule has 2 nitrogen and oxygen atoms in total. The van der Waals surface area contributed by atoms with Crippen LogP contribution in [0.2, 0.25) is 0 Å². The van der Waals surface area contributed by atoms with Crippen LogP contribution in [0.5, 0.6) is 0 Å².